The molecule has 2 aromatic heterocycles. The molecule has 0 bridgehead atoms. The highest BCUT2D eigenvalue weighted by Crippen LogP contribution is 2.25. The summed E-state index contributed by atoms with van der Waals surface area (Å²) in [4.78, 5) is 43.4. The maximum Gasteiger partial charge on any atom is 0.309 e. The van der Waals surface area contributed by atoms with Crippen molar-refractivity contribution in [3.8, 4) is 11.3 Å². The molecule has 32 heavy (non-hydrogen) atoms. The Bertz CT molecular complexity index is 1070. The Morgan fingerprint density at radius 2 is 1.91 bits per heavy atom. The Morgan fingerprint density at radius 1 is 1.16 bits per heavy atom. The zero-order valence-electron chi connectivity index (χ0n) is 17.5. The molecule has 3 aromatic rings. The van der Waals surface area contributed by atoms with E-state index in [4.69, 9.17) is 9.15 Å². The molecule has 1 saturated heterocycles. The van der Waals surface area contributed by atoms with Crippen LogP contribution in [0.15, 0.2) is 58.5 Å². The third-order valence-electron chi connectivity index (χ3n) is 5.31. The molecule has 1 N–H and O–H groups in total. The van der Waals surface area contributed by atoms with Crippen LogP contribution in [0.5, 0.6) is 0 Å². The molecule has 1 aromatic carbocycles. The number of nitrogens with one attached hydrogen (secondary N) is 1. The molecule has 8 nitrogen and oxygen atoms in total. The highest BCUT2D eigenvalue weighted by atomic mass is 32.1. The van der Waals surface area contributed by atoms with Gasteiger partial charge in [0.2, 0.25) is 0 Å². The number of hydrogen-bond acceptors (Lipinski definition) is 7. The summed E-state index contributed by atoms with van der Waals surface area (Å²) in [6, 6.07) is 12.9. The van der Waals surface area contributed by atoms with Gasteiger partial charge in [-0.15, -0.1) is 11.3 Å². The van der Waals surface area contributed by atoms with E-state index in [-0.39, 0.29) is 17.6 Å². The van der Waals surface area contributed by atoms with Crippen molar-refractivity contribution in [2.45, 2.75) is 25.9 Å². The van der Waals surface area contributed by atoms with E-state index in [1.54, 1.807) is 17.0 Å². The number of furan rings is 1. The summed E-state index contributed by atoms with van der Waals surface area (Å²) < 4.78 is 10.5. The minimum atomic E-state index is -0.950. The first kappa shape index (κ1) is 21.8. The summed E-state index contributed by atoms with van der Waals surface area (Å²) in [5.41, 5.74) is 1.73. The van der Waals surface area contributed by atoms with Gasteiger partial charge in [0.25, 0.3) is 11.8 Å². The van der Waals surface area contributed by atoms with Crippen LogP contribution in [0.4, 0.5) is 5.13 Å². The molecule has 0 aliphatic carbocycles. The molecule has 4 rings (SSSR count). The number of aromatic nitrogens is 1. The second-order valence-corrected chi connectivity index (χ2v) is 8.37. The van der Waals surface area contributed by atoms with Crippen molar-refractivity contribution in [3.63, 3.8) is 0 Å². The first-order valence-corrected chi connectivity index (χ1v) is 11.2. The lowest BCUT2D eigenvalue weighted by Gasteiger charge is -2.30. The third-order valence-corrected chi connectivity index (χ3v) is 6.07. The molecule has 0 saturated carbocycles. The fourth-order valence-electron chi connectivity index (χ4n) is 3.48. The number of hydrogen-bond donors (Lipinski definition) is 1. The van der Waals surface area contributed by atoms with Crippen LogP contribution in [0.25, 0.3) is 11.3 Å². The molecule has 1 unspecified atom stereocenters. The SMILES string of the molecule is CC(OC(=O)C1CCN(C(=O)c2ccco2)CC1)C(=O)Nc1nc(-c2ccccc2)cs1. The molecule has 1 aliphatic rings. The smallest absolute Gasteiger partial charge is 0.309 e. The number of likely N-dealkylation sites (tertiary alicyclic amines) is 1. The van der Waals surface area contributed by atoms with Gasteiger partial charge in [0, 0.05) is 24.0 Å². The minimum absolute atomic E-state index is 0.187. The van der Waals surface area contributed by atoms with Crippen LogP contribution in [-0.4, -0.2) is 46.9 Å². The van der Waals surface area contributed by atoms with Gasteiger partial charge in [0.1, 0.15) is 0 Å². The van der Waals surface area contributed by atoms with Gasteiger partial charge >= 0.3 is 5.97 Å². The average molecular weight is 454 g/mol. The van der Waals surface area contributed by atoms with Gasteiger partial charge in [-0.05, 0) is 31.9 Å². The molecule has 9 heteroatoms. The Hall–Kier alpha value is -3.46. The number of thiazole rings is 1. The molecule has 1 fully saturated rings. The van der Waals surface area contributed by atoms with E-state index in [2.05, 4.69) is 10.3 Å². The van der Waals surface area contributed by atoms with Gasteiger partial charge in [0.05, 0.1) is 17.9 Å². The fourth-order valence-corrected chi connectivity index (χ4v) is 4.20. The number of carbonyl (C=O) groups excluding carboxylic acids is 3. The molecule has 2 amide bonds. The van der Waals surface area contributed by atoms with Crippen LogP contribution in [0.2, 0.25) is 0 Å². The average Bonchev–Trinajstić information content (AvgIpc) is 3.52. The molecule has 3 heterocycles. The molecular weight excluding hydrogens is 430 g/mol. The van der Waals surface area contributed by atoms with Crippen molar-refractivity contribution >= 4 is 34.3 Å². The van der Waals surface area contributed by atoms with Crippen LogP contribution in [-0.2, 0) is 14.3 Å². The monoisotopic (exact) mass is 453 g/mol. The molecule has 0 radical (unpaired) electrons. The number of carbonyl (C=O) groups is 3. The quantitative estimate of drug-likeness (QED) is 0.569. The number of esters is 1. The van der Waals surface area contributed by atoms with Crippen molar-refractivity contribution in [3.05, 3.63) is 59.9 Å². The van der Waals surface area contributed by atoms with E-state index in [9.17, 15) is 14.4 Å². The van der Waals surface area contributed by atoms with Crippen molar-refractivity contribution in [2.75, 3.05) is 18.4 Å². The summed E-state index contributed by atoms with van der Waals surface area (Å²) >= 11 is 1.31. The largest absolute Gasteiger partial charge is 0.459 e. The van der Waals surface area contributed by atoms with Crippen molar-refractivity contribution < 1.29 is 23.5 Å². The summed E-state index contributed by atoms with van der Waals surface area (Å²) in [5, 5.41) is 5.01. The lowest BCUT2D eigenvalue weighted by Crippen LogP contribution is -2.41. The Balaban J connectivity index is 1.25. The number of anilines is 1. The number of amides is 2. The van der Waals surface area contributed by atoms with Gasteiger partial charge in [0.15, 0.2) is 17.0 Å². The van der Waals surface area contributed by atoms with E-state index in [0.29, 0.717) is 31.1 Å². The van der Waals surface area contributed by atoms with Gasteiger partial charge < -0.3 is 14.1 Å². The molecule has 0 spiro atoms. The number of ether oxygens (including phenoxy) is 1. The zero-order chi connectivity index (χ0) is 22.5. The fraction of sp³-hybridized carbons (Fsp3) is 0.304. The number of rotatable bonds is 6. The predicted octanol–water partition coefficient (Wildman–Crippen LogP) is 3.83. The van der Waals surface area contributed by atoms with E-state index in [0.717, 1.165) is 11.3 Å². The number of piperidine rings is 1. The summed E-state index contributed by atoms with van der Waals surface area (Å²) in [6.45, 7) is 2.40. The lowest BCUT2D eigenvalue weighted by atomic mass is 9.97. The Morgan fingerprint density at radius 3 is 2.59 bits per heavy atom. The second-order valence-electron chi connectivity index (χ2n) is 7.52. The van der Waals surface area contributed by atoms with Crippen molar-refractivity contribution in [1.82, 2.24) is 9.88 Å². The summed E-state index contributed by atoms with van der Waals surface area (Å²) in [5.74, 6) is -1.11. The van der Waals surface area contributed by atoms with Crippen LogP contribution in [0.3, 0.4) is 0 Å². The maximum absolute atomic E-state index is 12.5. The van der Waals surface area contributed by atoms with Crippen LogP contribution >= 0.6 is 11.3 Å². The maximum atomic E-state index is 12.5. The van der Waals surface area contributed by atoms with Crippen LogP contribution in [0.1, 0.15) is 30.3 Å². The zero-order valence-corrected chi connectivity index (χ0v) is 18.3. The van der Waals surface area contributed by atoms with Crippen LogP contribution < -0.4 is 5.32 Å². The topological polar surface area (TPSA) is 102 Å². The normalized spacial score (nSPS) is 15.2. The van der Waals surface area contributed by atoms with Gasteiger partial charge in [-0.3, -0.25) is 19.7 Å². The molecule has 1 aliphatic heterocycles. The van der Waals surface area contributed by atoms with E-state index < -0.39 is 18.0 Å². The minimum Gasteiger partial charge on any atom is -0.459 e. The summed E-state index contributed by atoms with van der Waals surface area (Å²) in [7, 11) is 0. The standard InChI is InChI=1S/C23H23N3O5S/c1-15(20(27)25-23-24-18(14-32-23)16-6-3-2-4-7-16)31-22(29)17-9-11-26(12-10-17)21(28)19-8-5-13-30-19/h2-8,13-15,17H,9-12H2,1H3,(H,24,25,27). The van der Waals surface area contributed by atoms with Crippen molar-refractivity contribution in [1.29, 1.82) is 0 Å². The summed E-state index contributed by atoms with van der Waals surface area (Å²) in [6.07, 6.45) is 1.46. The highest BCUT2D eigenvalue weighted by molar-refractivity contribution is 7.14. The van der Waals surface area contributed by atoms with E-state index in [1.807, 2.05) is 35.7 Å². The molecule has 166 valence electrons. The van der Waals surface area contributed by atoms with E-state index >= 15 is 0 Å². The first-order valence-electron chi connectivity index (χ1n) is 10.4. The third kappa shape index (κ3) is 5.05. The van der Waals surface area contributed by atoms with Crippen molar-refractivity contribution in [2.24, 2.45) is 5.92 Å². The highest BCUT2D eigenvalue weighted by Gasteiger charge is 2.31. The molecule has 1 atom stereocenters. The second kappa shape index (κ2) is 9.78. The predicted molar refractivity (Wildman–Crippen MR) is 119 cm³/mol. The molecular formula is C23H23N3O5S. The first-order chi connectivity index (χ1) is 15.5. The Labute approximate surface area is 189 Å². The van der Waals surface area contributed by atoms with Gasteiger partial charge in [-0.1, -0.05) is 30.3 Å². The number of benzene rings is 1. The van der Waals surface area contributed by atoms with E-state index in [1.165, 1.54) is 24.5 Å². The van der Waals surface area contributed by atoms with Gasteiger partial charge in [-0.2, -0.15) is 0 Å². The number of nitrogens with zero attached hydrogens (tertiary/aromatic N) is 2. The lowest BCUT2D eigenvalue weighted by molar-refractivity contribution is -0.158. The van der Waals surface area contributed by atoms with Gasteiger partial charge in [-0.25, -0.2) is 4.98 Å². The van der Waals surface area contributed by atoms with Crippen LogP contribution in [0, 0.1) is 5.92 Å². The Kier molecular flexibility index (Phi) is 6.65.